The number of benzene rings is 3. The average molecular weight is 582 g/mol. The first-order chi connectivity index (χ1) is 19.1. The van der Waals surface area contributed by atoms with Crippen molar-refractivity contribution in [3.05, 3.63) is 100 Å². The molecule has 0 spiro atoms. The first kappa shape index (κ1) is 31.5. The van der Waals surface area contributed by atoms with Crippen LogP contribution < -0.4 is 10.1 Å². The van der Waals surface area contributed by atoms with Crippen LogP contribution in [0, 0.1) is 5.92 Å². The van der Waals surface area contributed by atoms with Crippen LogP contribution in [-0.4, -0.2) is 17.0 Å². The van der Waals surface area contributed by atoms with Gasteiger partial charge in [-0.05, 0) is 71.8 Å². The van der Waals surface area contributed by atoms with Crippen LogP contribution >= 0.6 is 0 Å². The van der Waals surface area contributed by atoms with Crippen molar-refractivity contribution in [3.8, 4) is 5.75 Å². The maximum atomic E-state index is 13.5. The van der Waals surface area contributed by atoms with Gasteiger partial charge in [0.05, 0.1) is 17.2 Å². The molecule has 0 fully saturated rings. The van der Waals surface area contributed by atoms with E-state index in [0.29, 0.717) is 29.0 Å². The van der Waals surface area contributed by atoms with Crippen molar-refractivity contribution in [1.29, 1.82) is 0 Å². The summed E-state index contributed by atoms with van der Waals surface area (Å²) in [7, 11) is 0. The van der Waals surface area contributed by atoms with Crippen molar-refractivity contribution >= 4 is 11.9 Å². The normalized spacial score (nSPS) is 12.7. The van der Waals surface area contributed by atoms with Crippen LogP contribution in [0.1, 0.15) is 70.9 Å². The highest BCUT2D eigenvalue weighted by atomic mass is 19.4. The van der Waals surface area contributed by atoms with Gasteiger partial charge in [0.25, 0.3) is 5.91 Å². The van der Waals surface area contributed by atoms with Gasteiger partial charge < -0.3 is 15.2 Å². The van der Waals surface area contributed by atoms with Gasteiger partial charge in [0, 0.05) is 12.0 Å². The van der Waals surface area contributed by atoms with Gasteiger partial charge in [0.2, 0.25) is 0 Å². The van der Waals surface area contributed by atoms with Crippen molar-refractivity contribution in [1.82, 2.24) is 5.32 Å². The number of para-hydroxylation sites is 1. The standard InChI is InChI=1S/C30H29F6NO4/c1-18(2)12-26(21-14-22(29(31,32)33)16-23(15-21)30(34,35)36)37-28(40)25-13-19(8-9-20(25)10-11-27(38)39)17-41-24-6-4-3-5-7-24/h3-9,13-16,18,26H,10-12,17H2,1-2H3,(H,37,40)(H,38,39)/t26-/m0/s1. The van der Waals surface area contributed by atoms with Gasteiger partial charge in [-0.2, -0.15) is 26.3 Å². The number of ether oxygens (including phenoxy) is 1. The second-order valence-electron chi connectivity index (χ2n) is 9.98. The molecular weight excluding hydrogens is 552 g/mol. The summed E-state index contributed by atoms with van der Waals surface area (Å²) < 4.78 is 86.8. The van der Waals surface area contributed by atoms with E-state index >= 15 is 0 Å². The van der Waals surface area contributed by atoms with Crippen LogP contribution in [0.2, 0.25) is 0 Å². The molecule has 1 atom stereocenters. The predicted molar refractivity (Wildman–Crippen MR) is 139 cm³/mol. The molecule has 0 saturated carbocycles. The smallest absolute Gasteiger partial charge is 0.416 e. The van der Waals surface area contributed by atoms with Gasteiger partial charge >= 0.3 is 18.3 Å². The topological polar surface area (TPSA) is 75.6 Å². The van der Waals surface area contributed by atoms with E-state index in [1.165, 1.54) is 6.07 Å². The second-order valence-corrected chi connectivity index (χ2v) is 9.98. The molecule has 0 radical (unpaired) electrons. The molecule has 0 aliphatic carbocycles. The van der Waals surface area contributed by atoms with Gasteiger partial charge in [-0.1, -0.05) is 44.2 Å². The lowest BCUT2D eigenvalue weighted by Crippen LogP contribution is -2.31. The zero-order valence-electron chi connectivity index (χ0n) is 22.3. The lowest BCUT2D eigenvalue weighted by Gasteiger charge is -2.24. The number of carbonyl (C=O) groups is 2. The molecule has 0 aliphatic heterocycles. The van der Waals surface area contributed by atoms with Crippen molar-refractivity contribution in [2.24, 2.45) is 5.92 Å². The van der Waals surface area contributed by atoms with E-state index in [9.17, 15) is 35.9 Å². The quantitative estimate of drug-likeness (QED) is 0.226. The Morgan fingerprint density at radius 3 is 2.02 bits per heavy atom. The number of amides is 1. The van der Waals surface area contributed by atoms with Crippen LogP contribution in [0.3, 0.4) is 0 Å². The predicted octanol–water partition coefficient (Wildman–Crippen LogP) is 7.84. The van der Waals surface area contributed by atoms with Crippen molar-refractivity contribution in [2.75, 3.05) is 0 Å². The minimum Gasteiger partial charge on any atom is -0.489 e. The number of hydrogen-bond acceptors (Lipinski definition) is 3. The van der Waals surface area contributed by atoms with Crippen LogP contribution in [-0.2, 0) is 30.2 Å². The van der Waals surface area contributed by atoms with E-state index in [4.69, 9.17) is 9.84 Å². The van der Waals surface area contributed by atoms with Crippen LogP contribution in [0.5, 0.6) is 5.75 Å². The molecule has 3 aromatic carbocycles. The third-order valence-electron chi connectivity index (χ3n) is 6.20. The monoisotopic (exact) mass is 581 g/mol. The molecule has 0 unspecified atom stereocenters. The molecule has 1 amide bonds. The van der Waals surface area contributed by atoms with Gasteiger partial charge in [-0.25, -0.2) is 0 Å². The first-order valence-electron chi connectivity index (χ1n) is 12.7. The number of nitrogens with one attached hydrogen (secondary N) is 1. The lowest BCUT2D eigenvalue weighted by atomic mass is 9.92. The minimum atomic E-state index is -5.04. The summed E-state index contributed by atoms with van der Waals surface area (Å²) in [4.78, 5) is 24.7. The first-order valence-corrected chi connectivity index (χ1v) is 12.7. The van der Waals surface area contributed by atoms with Crippen molar-refractivity contribution in [3.63, 3.8) is 0 Å². The number of carboxylic acids is 1. The molecule has 0 bridgehead atoms. The van der Waals surface area contributed by atoms with E-state index in [-0.39, 0.29) is 49.0 Å². The largest absolute Gasteiger partial charge is 0.489 e. The van der Waals surface area contributed by atoms with E-state index in [1.54, 1.807) is 50.2 Å². The molecule has 3 aromatic rings. The Bertz CT molecular complexity index is 1320. The Kier molecular flexibility index (Phi) is 10.1. The van der Waals surface area contributed by atoms with E-state index in [1.807, 2.05) is 6.07 Å². The number of rotatable bonds is 11. The Morgan fingerprint density at radius 1 is 0.878 bits per heavy atom. The molecule has 2 N–H and O–H groups in total. The molecule has 0 heterocycles. The van der Waals surface area contributed by atoms with E-state index in [2.05, 4.69) is 5.32 Å². The summed E-state index contributed by atoms with van der Waals surface area (Å²) in [6.07, 6.45) is -10.3. The third-order valence-corrected chi connectivity index (χ3v) is 6.20. The number of hydrogen-bond donors (Lipinski definition) is 2. The van der Waals surface area contributed by atoms with Crippen LogP contribution in [0.4, 0.5) is 26.3 Å². The maximum absolute atomic E-state index is 13.5. The Morgan fingerprint density at radius 2 is 1.49 bits per heavy atom. The molecule has 11 heteroatoms. The number of halogens is 6. The number of carbonyl (C=O) groups excluding carboxylic acids is 1. The van der Waals surface area contributed by atoms with Crippen LogP contribution in [0.15, 0.2) is 66.7 Å². The summed E-state index contributed by atoms with van der Waals surface area (Å²) in [5.41, 5.74) is -2.34. The molecular formula is C30H29F6NO4. The van der Waals surface area contributed by atoms with E-state index < -0.39 is 41.4 Å². The molecule has 0 aromatic heterocycles. The fourth-order valence-electron chi connectivity index (χ4n) is 4.23. The van der Waals surface area contributed by atoms with Crippen LogP contribution in [0.25, 0.3) is 0 Å². The number of alkyl halides is 6. The Hall–Kier alpha value is -4.02. The highest BCUT2D eigenvalue weighted by Crippen LogP contribution is 2.38. The van der Waals surface area contributed by atoms with Gasteiger partial charge in [-0.15, -0.1) is 0 Å². The summed E-state index contributed by atoms with van der Waals surface area (Å²) >= 11 is 0. The highest BCUT2D eigenvalue weighted by molar-refractivity contribution is 5.96. The maximum Gasteiger partial charge on any atom is 0.416 e. The molecule has 3 rings (SSSR count). The molecule has 0 saturated heterocycles. The molecule has 41 heavy (non-hydrogen) atoms. The van der Waals surface area contributed by atoms with E-state index in [0.717, 1.165) is 0 Å². The number of carboxylic acid groups (broad SMARTS) is 1. The van der Waals surface area contributed by atoms with Crippen molar-refractivity contribution in [2.45, 2.75) is 58.1 Å². The van der Waals surface area contributed by atoms with Gasteiger partial charge in [0.15, 0.2) is 0 Å². The van der Waals surface area contributed by atoms with Gasteiger partial charge in [0.1, 0.15) is 12.4 Å². The molecule has 220 valence electrons. The summed E-state index contributed by atoms with van der Waals surface area (Å²) in [6.45, 7) is 3.50. The zero-order chi connectivity index (χ0) is 30.4. The average Bonchev–Trinajstić information content (AvgIpc) is 2.89. The number of aryl methyl sites for hydroxylation is 1. The lowest BCUT2D eigenvalue weighted by molar-refractivity contribution is -0.143. The second kappa shape index (κ2) is 13.1. The molecule has 0 aliphatic rings. The summed E-state index contributed by atoms with van der Waals surface area (Å²) in [5, 5.41) is 11.7. The third kappa shape index (κ3) is 9.26. The summed E-state index contributed by atoms with van der Waals surface area (Å²) in [6, 6.07) is 13.6. The fourth-order valence-corrected chi connectivity index (χ4v) is 4.23. The summed E-state index contributed by atoms with van der Waals surface area (Å²) in [5.74, 6) is -1.51. The zero-order valence-corrected chi connectivity index (χ0v) is 22.3. The number of aliphatic carboxylic acids is 1. The Labute approximate surface area is 233 Å². The highest BCUT2D eigenvalue weighted by Gasteiger charge is 2.38. The Balaban J connectivity index is 1.99. The van der Waals surface area contributed by atoms with Gasteiger partial charge in [-0.3, -0.25) is 9.59 Å². The molecule has 5 nitrogen and oxygen atoms in total. The fraction of sp³-hybridized carbons (Fsp3) is 0.333. The van der Waals surface area contributed by atoms with Crippen molar-refractivity contribution < 1.29 is 45.8 Å². The minimum absolute atomic E-state index is 0.0193. The SMILES string of the molecule is CC(C)C[C@H](NC(=O)c1cc(COc2ccccc2)ccc1CCC(=O)O)c1cc(C(F)(F)F)cc(C(F)(F)F)c1.